The smallest absolute Gasteiger partial charge is 0.272 e. The summed E-state index contributed by atoms with van der Waals surface area (Å²) in [5, 5.41) is 17.0. The van der Waals surface area contributed by atoms with Crippen LogP contribution in [0.3, 0.4) is 0 Å². The minimum absolute atomic E-state index is 0.0784. The topological polar surface area (TPSA) is 122 Å². The molecule has 0 fully saturated rings. The Morgan fingerprint density at radius 2 is 1.62 bits per heavy atom. The van der Waals surface area contributed by atoms with Gasteiger partial charge in [0.1, 0.15) is 16.5 Å². The maximum atomic E-state index is 13.2. The van der Waals surface area contributed by atoms with E-state index in [9.17, 15) is 14.4 Å². The minimum atomic E-state index is -0.486. The number of nitrogens with one attached hydrogen (secondary N) is 3. The number of methoxy groups -OCH3 is 1. The van der Waals surface area contributed by atoms with Crippen LogP contribution < -0.4 is 20.7 Å². The molecule has 0 bridgehead atoms. The number of carbonyl (C=O) groups excluding carboxylic acids is 3. The van der Waals surface area contributed by atoms with E-state index in [4.69, 9.17) is 4.74 Å². The molecule has 0 saturated carbocycles. The van der Waals surface area contributed by atoms with Gasteiger partial charge < -0.3 is 15.4 Å². The molecule has 0 radical (unpaired) electrons. The van der Waals surface area contributed by atoms with Crippen molar-refractivity contribution in [1.82, 2.24) is 15.5 Å². The molecule has 0 aliphatic carbocycles. The van der Waals surface area contributed by atoms with Crippen molar-refractivity contribution in [3.63, 3.8) is 0 Å². The third kappa shape index (κ3) is 8.01. The van der Waals surface area contributed by atoms with Gasteiger partial charge in [0, 0.05) is 16.1 Å². The zero-order chi connectivity index (χ0) is 28.5. The van der Waals surface area contributed by atoms with Crippen molar-refractivity contribution in [3.8, 4) is 5.75 Å². The van der Waals surface area contributed by atoms with E-state index >= 15 is 0 Å². The number of aromatic nitrogens is 2. The van der Waals surface area contributed by atoms with Crippen LogP contribution in [0.4, 0.5) is 10.8 Å². The summed E-state index contributed by atoms with van der Waals surface area (Å²) in [5.74, 6) is -0.392. The SMILES string of the molecule is COc1ccc(/C=C(\NC(=O)c2ccccc2)C(=O)Nc2ccc(SC(C)C(=O)Nc3nnc(C)s3)cc2)cc1. The Bertz CT molecular complexity index is 1500. The number of carbonyl (C=O) groups is 3. The van der Waals surface area contributed by atoms with Gasteiger partial charge in [-0.3, -0.25) is 19.7 Å². The Balaban J connectivity index is 1.44. The molecule has 40 heavy (non-hydrogen) atoms. The highest BCUT2D eigenvalue weighted by molar-refractivity contribution is 8.00. The molecule has 1 aromatic heterocycles. The highest BCUT2D eigenvalue weighted by Crippen LogP contribution is 2.26. The van der Waals surface area contributed by atoms with Crippen molar-refractivity contribution in [1.29, 1.82) is 0 Å². The number of amides is 3. The molecule has 0 spiro atoms. The van der Waals surface area contributed by atoms with Crippen molar-refractivity contribution < 1.29 is 19.1 Å². The van der Waals surface area contributed by atoms with Gasteiger partial charge in [-0.15, -0.1) is 22.0 Å². The van der Waals surface area contributed by atoms with Crippen LogP contribution in [0.2, 0.25) is 0 Å². The number of rotatable bonds is 10. The van der Waals surface area contributed by atoms with Gasteiger partial charge in [0.05, 0.1) is 12.4 Å². The fourth-order valence-electron chi connectivity index (χ4n) is 3.44. The second-order valence-corrected chi connectivity index (χ2v) is 11.1. The molecule has 1 unspecified atom stereocenters. The van der Waals surface area contributed by atoms with Crippen LogP contribution in [-0.2, 0) is 9.59 Å². The number of thioether (sulfide) groups is 1. The number of nitrogens with zero attached hydrogens (tertiary/aromatic N) is 2. The van der Waals surface area contributed by atoms with E-state index < -0.39 is 11.8 Å². The number of benzene rings is 3. The fraction of sp³-hybridized carbons (Fsp3) is 0.138. The van der Waals surface area contributed by atoms with Crippen molar-refractivity contribution in [3.05, 3.63) is 101 Å². The molecule has 1 atom stereocenters. The average Bonchev–Trinajstić information content (AvgIpc) is 3.38. The van der Waals surface area contributed by atoms with Gasteiger partial charge in [-0.05, 0) is 74.0 Å². The monoisotopic (exact) mass is 573 g/mol. The number of aryl methyl sites for hydroxylation is 1. The predicted octanol–water partition coefficient (Wildman–Crippen LogP) is 5.38. The maximum Gasteiger partial charge on any atom is 0.272 e. The quantitative estimate of drug-likeness (QED) is 0.172. The molecule has 4 rings (SSSR count). The van der Waals surface area contributed by atoms with Gasteiger partial charge in [0.25, 0.3) is 11.8 Å². The summed E-state index contributed by atoms with van der Waals surface area (Å²) in [4.78, 5) is 39.4. The highest BCUT2D eigenvalue weighted by atomic mass is 32.2. The number of ether oxygens (including phenoxy) is 1. The molecule has 0 aliphatic rings. The molecule has 3 N–H and O–H groups in total. The first-order valence-corrected chi connectivity index (χ1v) is 13.9. The summed E-state index contributed by atoms with van der Waals surface area (Å²) >= 11 is 2.69. The normalized spacial score (nSPS) is 11.8. The minimum Gasteiger partial charge on any atom is -0.497 e. The highest BCUT2D eigenvalue weighted by Gasteiger charge is 2.18. The molecule has 4 aromatic rings. The van der Waals surface area contributed by atoms with Crippen LogP contribution in [0.5, 0.6) is 5.75 Å². The third-order valence-corrected chi connectivity index (χ3v) is 7.37. The maximum absolute atomic E-state index is 13.2. The Morgan fingerprint density at radius 1 is 0.925 bits per heavy atom. The molecular weight excluding hydrogens is 546 g/mol. The third-order valence-electron chi connectivity index (χ3n) is 5.51. The Labute approximate surface area is 240 Å². The zero-order valence-electron chi connectivity index (χ0n) is 22.0. The lowest BCUT2D eigenvalue weighted by Crippen LogP contribution is -2.30. The van der Waals surface area contributed by atoms with Crippen LogP contribution in [-0.4, -0.2) is 40.3 Å². The molecule has 9 nitrogen and oxygen atoms in total. The van der Waals surface area contributed by atoms with Crippen molar-refractivity contribution in [2.75, 3.05) is 17.7 Å². The second kappa shape index (κ2) is 13.5. The van der Waals surface area contributed by atoms with Crippen LogP contribution >= 0.6 is 23.1 Å². The Kier molecular flexibility index (Phi) is 9.66. The molecule has 3 aromatic carbocycles. The molecule has 0 aliphatic heterocycles. The summed E-state index contributed by atoms with van der Waals surface area (Å²) in [6, 6.07) is 22.9. The number of hydrogen-bond donors (Lipinski definition) is 3. The van der Waals surface area contributed by atoms with Crippen molar-refractivity contribution >= 4 is 57.7 Å². The van der Waals surface area contributed by atoms with Crippen LogP contribution in [0.1, 0.15) is 27.9 Å². The standard InChI is InChI=1S/C29H27N5O4S2/c1-18(26(35)32-29-34-33-19(2)40-29)39-24-15-11-22(12-16-24)30-28(37)25(17-20-9-13-23(38-3)14-10-20)31-27(36)21-7-5-4-6-8-21/h4-18H,1-3H3,(H,30,37)(H,31,36)(H,32,34,35)/b25-17-. The zero-order valence-corrected chi connectivity index (χ0v) is 23.6. The summed E-state index contributed by atoms with van der Waals surface area (Å²) in [6.07, 6.45) is 1.60. The predicted molar refractivity (Wildman–Crippen MR) is 159 cm³/mol. The largest absolute Gasteiger partial charge is 0.497 e. The molecule has 1 heterocycles. The first-order valence-electron chi connectivity index (χ1n) is 12.2. The Morgan fingerprint density at radius 3 is 2.25 bits per heavy atom. The first-order chi connectivity index (χ1) is 19.3. The van der Waals surface area contributed by atoms with E-state index in [1.54, 1.807) is 80.8 Å². The number of hydrogen-bond acceptors (Lipinski definition) is 8. The lowest BCUT2D eigenvalue weighted by Gasteiger charge is -2.13. The van der Waals surface area contributed by atoms with Gasteiger partial charge in [0.2, 0.25) is 11.0 Å². The average molecular weight is 574 g/mol. The van der Waals surface area contributed by atoms with Crippen LogP contribution in [0, 0.1) is 6.92 Å². The summed E-state index contributed by atoms with van der Waals surface area (Å²) in [6.45, 7) is 3.62. The van der Waals surface area contributed by atoms with Gasteiger partial charge in [0.15, 0.2) is 0 Å². The molecule has 204 valence electrons. The molecular formula is C29H27N5O4S2. The van der Waals surface area contributed by atoms with E-state index in [0.717, 1.165) is 9.90 Å². The van der Waals surface area contributed by atoms with Crippen molar-refractivity contribution in [2.45, 2.75) is 24.0 Å². The van der Waals surface area contributed by atoms with Crippen molar-refractivity contribution in [2.24, 2.45) is 0 Å². The Hall–Kier alpha value is -4.48. The molecule has 3 amide bonds. The number of anilines is 2. The summed E-state index contributed by atoms with van der Waals surface area (Å²) in [5.41, 5.74) is 1.75. The summed E-state index contributed by atoms with van der Waals surface area (Å²) in [7, 11) is 1.57. The van der Waals surface area contributed by atoms with Gasteiger partial charge in [-0.2, -0.15) is 0 Å². The lowest BCUT2D eigenvalue weighted by molar-refractivity contribution is -0.115. The van der Waals surface area contributed by atoms with E-state index in [1.807, 2.05) is 25.1 Å². The van der Waals surface area contributed by atoms with E-state index in [-0.39, 0.29) is 16.9 Å². The second-order valence-electron chi connectivity index (χ2n) is 8.51. The molecule has 11 heteroatoms. The van der Waals surface area contributed by atoms with E-state index in [1.165, 1.54) is 23.1 Å². The lowest BCUT2D eigenvalue weighted by atomic mass is 10.1. The molecule has 0 saturated heterocycles. The first kappa shape index (κ1) is 28.5. The van der Waals surface area contributed by atoms with Gasteiger partial charge >= 0.3 is 0 Å². The summed E-state index contributed by atoms with van der Waals surface area (Å²) < 4.78 is 5.20. The van der Waals surface area contributed by atoms with E-state index in [2.05, 4.69) is 26.1 Å². The van der Waals surface area contributed by atoms with Gasteiger partial charge in [-0.1, -0.05) is 41.7 Å². The van der Waals surface area contributed by atoms with Gasteiger partial charge in [-0.25, -0.2) is 0 Å². The fourth-order valence-corrected chi connectivity index (χ4v) is 4.90. The van der Waals surface area contributed by atoms with Crippen LogP contribution in [0.25, 0.3) is 6.08 Å². The van der Waals surface area contributed by atoms with E-state index in [0.29, 0.717) is 27.7 Å². The van der Waals surface area contributed by atoms with Crippen LogP contribution in [0.15, 0.2) is 89.5 Å².